The Morgan fingerprint density at radius 2 is 2.14 bits per heavy atom. The van der Waals surface area contributed by atoms with Crippen molar-refractivity contribution in [3.05, 3.63) is 29.3 Å². The normalized spacial score (nSPS) is 26.9. The van der Waals surface area contributed by atoms with Crippen LogP contribution in [0.4, 0.5) is 5.69 Å². The Kier molecular flexibility index (Phi) is 5.74. The minimum atomic E-state index is 0. The van der Waals surface area contributed by atoms with Crippen molar-refractivity contribution in [3.8, 4) is 0 Å². The van der Waals surface area contributed by atoms with Gasteiger partial charge in [-0.3, -0.25) is 4.79 Å². The molecule has 3 rings (SSSR count). The molecule has 3 atom stereocenters. The zero-order valence-electron chi connectivity index (χ0n) is 13.3. The molecule has 3 unspecified atom stereocenters. The van der Waals surface area contributed by atoms with E-state index in [1.807, 2.05) is 6.07 Å². The number of rotatable bonds is 3. The van der Waals surface area contributed by atoms with Gasteiger partial charge in [0.2, 0.25) is 5.91 Å². The molecule has 0 saturated heterocycles. The second-order valence-corrected chi connectivity index (χ2v) is 6.96. The number of aryl methyl sites for hydroxylation is 1. The number of benzene rings is 1. The van der Waals surface area contributed by atoms with Crippen LogP contribution < -0.4 is 11.1 Å². The fourth-order valence-electron chi connectivity index (χ4n) is 4.01. The summed E-state index contributed by atoms with van der Waals surface area (Å²) < 4.78 is 0. The maximum Gasteiger partial charge on any atom is 0.220 e. The smallest absolute Gasteiger partial charge is 0.220 e. The third kappa shape index (κ3) is 3.95. The number of fused-ring (bicyclic) bond motifs is 1. The molecule has 3 N–H and O–H groups in total. The Labute approximate surface area is 139 Å². The zero-order chi connectivity index (χ0) is 14.8. The predicted octanol–water partition coefficient (Wildman–Crippen LogP) is 4.01. The lowest BCUT2D eigenvalue weighted by Crippen LogP contribution is -2.32. The summed E-state index contributed by atoms with van der Waals surface area (Å²) in [4.78, 5) is 12.3. The predicted molar refractivity (Wildman–Crippen MR) is 93.0 cm³/mol. The number of anilines is 1. The minimum absolute atomic E-state index is 0. The molecule has 2 aliphatic rings. The highest BCUT2D eigenvalue weighted by atomic mass is 35.5. The molecular weight excluding hydrogens is 296 g/mol. The summed E-state index contributed by atoms with van der Waals surface area (Å²) in [5.74, 6) is 1.61. The highest BCUT2D eigenvalue weighted by molar-refractivity contribution is 5.85. The highest BCUT2D eigenvalue weighted by Gasteiger charge is 2.26. The summed E-state index contributed by atoms with van der Waals surface area (Å²) in [6.45, 7) is 2.29. The fourth-order valence-corrected chi connectivity index (χ4v) is 4.01. The number of amides is 1. The van der Waals surface area contributed by atoms with Gasteiger partial charge in [0, 0.05) is 12.1 Å². The standard InChI is InChI=1S/C18H26N2O.ClH/c1-12-5-6-13(9-12)10-18(21)20-17-4-2-3-14-11-15(19)7-8-16(14)17;/h7-8,11-13,17H,2-6,9-10,19H2,1H3,(H,20,21);1H. The lowest BCUT2D eigenvalue weighted by molar-refractivity contribution is -0.122. The number of halogens is 1. The fraction of sp³-hybridized carbons (Fsp3) is 0.611. The van der Waals surface area contributed by atoms with Gasteiger partial charge in [0.25, 0.3) is 0 Å². The molecule has 1 amide bonds. The lowest BCUT2D eigenvalue weighted by atomic mass is 9.87. The van der Waals surface area contributed by atoms with Crippen molar-refractivity contribution < 1.29 is 4.79 Å². The highest BCUT2D eigenvalue weighted by Crippen LogP contribution is 2.34. The first-order valence-electron chi connectivity index (χ1n) is 8.29. The average Bonchev–Trinajstić information content (AvgIpc) is 2.83. The second-order valence-electron chi connectivity index (χ2n) is 6.96. The van der Waals surface area contributed by atoms with Crippen LogP contribution in [-0.2, 0) is 11.2 Å². The molecule has 0 bridgehead atoms. The van der Waals surface area contributed by atoms with Crippen LogP contribution in [0.3, 0.4) is 0 Å². The zero-order valence-corrected chi connectivity index (χ0v) is 14.1. The van der Waals surface area contributed by atoms with E-state index >= 15 is 0 Å². The number of nitrogen functional groups attached to an aromatic ring is 1. The van der Waals surface area contributed by atoms with Gasteiger partial charge in [0.15, 0.2) is 0 Å². The van der Waals surface area contributed by atoms with E-state index in [0.717, 1.165) is 30.9 Å². The maximum absolute atomic E-state index is 12.3. The Balaban J connectivity index is 0.00000176. The van der Waals surface area contributed by atoms with Crippen molar-refractivity contribution in [1.29, 1.82) is 0 Å². The van der Waals surface area contributed by atoms with Gasteiger partial charge in [0.05, 0.1) is 6.04 Å². The number of hydrogen-bond acceptors (Lipinski definition) is 2. The molecule has 0 spiro atoms. The van der Waals surface area contributed by atoms with E-state index in [-0.39, 0.29) is 24.4 Å². The van der Waals surface area contributed by atoms with Crippen molar-refractivity contribution in [2.45, 2.75) is 57.9 Å². The molecule has 4 heteroatoms. The molecule has 3 nitrogen and oxygen atoms in total. The molecule has 0 aliphatic heterocycles. The van der Waals surface area contributed by atoms with Crippen molar-refractivity contribution in [1.82, 2.24) is 5.32 Å². The molecule has 2 aliphatic carbocycles. The van der Waals surface area contributed by atoms with E-state index in [1.165, 1.54) is 30.4 Å². The monoisotopic (exact) mass is 322 g/mol. The molecule has 1 saturated carbocycles. The van der Waals surface area contributed by atoms with E-state index in [0.29, 0.717) is 12.3 Å². The summed E-state index contributed by atoms with van der Waals surface area (Å²) in [6, 6.07) is 6.28. The van der Waals surface area contributed by atoms with E-state index in [9.17, 15) is 4.79 Å². The van der Waals surface area contributed by atoms with Crippen LogP contribution in [0.25, 0.3) is 0 Å². The summed E-state index contributed by atoms with van der Waals surface area (Å²) in [6.07, 6.45) is 7.66. The molecule has 122 valence electrons. The number of carbonyl (C=O) groups is 1. The first-order chi connectivity index (χ1) is 10.1. The van der Waals surface area contributed by atoms with Crippen LogP contribution in [0.2, 0.25) is 0 Å². The Morgan fingerprint density at radius 3 is 2.86 bits per heavy atom. The van der Waals surface area contributed by atoms with Crippen molar-refractivity contribution in [2.75, 3.05) is 5.73 Å². The summed E-state index contributed by atoms with van der Waals surface area (Å²) in [5, 5.41) is 3.26. The van der Waals surface area contributed by atoms with E-state index in [4.69, 9.17) is 5.73 Å². The van der Waals surface area contributed by atoms with Crippen LogP contribution in [0.1, 0.15) is 62.6 Å². The van der Waals surface area contributed by atoms with Gasteiger partial charge in [-0.15, -0.1) is 12.4 Å². The summed E-state index contributed by atoms with van der Waals surface area (Å²) >= 11 is 0. The van der Waals surface area contributed by atoms with Gasteiger partial charge in [-0.2, -0.15) is 0 Å². The largest absolute Gasteiger partial charge is 0.399 e. The van der Waals surface area contributed by atoms with Crippen LogP contribution in [-0.4, -0.2) is 5.91 Å². The van der Waals surface area contributed by atoms with Gasteiger partial charge in [-0.25, -0.2) is 0 Å². The van der Waals surface area contributed by atoms with E-state index < -0.39 is 0 Å². The first-order valence-corrected chi connectivity index (χ1v) is 8.29. The average molecular weight is 323 g/mol. The van der Waals surface area contributed by atoms with Crippen LogP contribution in [0.15, 0.2) is 18.2 Å². The van der Waals surface area contributed by atoms with Gasteiger partial charge in [0.1, 0.15) is 0 Å². The number of carbonyl (C=O) groups excluding carboxylic acids is 1. The van der Waals surface area contributed by atoms with Crippen molar-refractivity contribution >= 4 is 24.0 Å². The van der Waals surface area contributed by atoms with Crippen LogP contribution >= 0.6 is 12.4 Å². The van der Waals surface area contributed by atoms with E-state index in [1.54, 1.807) is 0 Å². The Bertz CT molecular complexity index is 532. The minimum Gasteiger partial charge on any atom is -0.399 e. The molecule has 1 aromatic rings. The van der Waals surface area contributed by atoms with E-state index in [2.05, 4.69) is 24.4 Å². The third-order valence-electron chi connectivity index (χ3n) is 5.09. The Hall–Kier alpha value is -1.22. The molecule has 1 fully saturated rings. The second kappa shape index (κ2) is 7.36. The number of nitrogens with one attached hydrogen (secondary N) is 1. The van der Waals surface area contributed by atoms with Gasteiger partial charge >= 0.3 is 0 Å². The first kappa shape index (κ1) is 17.1. The SMILES string of the molecule is CC1CCC(CC(=O)NC2CCCc3cc(N)ccc32)C1.Cl. The molecular formula is C18H27ClN2O. The van der Waals surface area contributed by atoms with Gasteiger partial charge in [-0.05, 0) is 67.2 Å². The number of hydrogen-bond donors (Lipinski definition) is 2. The molecule has 0 radical (unpaired) electrons. The maximum atomic E-state index is 12.3. The molecule has 0 aromatic heterocycles. The van der Waals surface area contributed by atoms with Gasteiger partial charge in [-0.1, -0.05) is 19.4 Å². The lowest BCUT2D eigenvalue weighted by Gasteiger charge is -2.27. The van der Waals surface area contributed by atoms with Crippen LogP contribution in [0.5, 0.6) is 0 Å². The van der Waals surface area contributed by atoms with Crippen LogP contribution in [0, 0.1) is 11.8 Å². The molecule has 1 aromatic carbocycles. The van der Waals surface area contributed by atoms with Crippen molar-refractivity contribution in [2.24, 2.45) is 11.8 Å². The Morgan fingerprint density at radius 1 is 1.32 bits per heavy atom. The number of nitrogens with two attached hydrogens (primary N) is 1. The molecule has 22 heavy (non-hydrogen) atoms. The third-order valence-corrected chi connectivity index (χ3v) is 5.09. The summed E-state index contributed by atoms with van der Waals surface area (Å²) in [7, 11) is 0. The topological polar surface area (TPSA) is 55.1 Å². The quantitative estimate of drug-likeness (QED) is 0.826. The molecule has 0 heterocycles. The van der Waals surface area contributed by atoms with Gasteiger partial charge < -0.3 is 11.1 Å². The summed E-state index contributed by atoms with van der Waals surface area (Å²) in [5.41, 5.74) is 9.26. The van der Waals surface area contributed by atoms with Crippen molar-refractivity contribution in [3.63, 3.8) is 0 Å².